The molecule has 0 unspecified atom stereocenters. The monoisotopic (exact) mass is 331 g/mol. The van der Waals surface area contributed by atoms with Crippen LogP contribution in [0.4, 0.5) is 14.6 Å². The molecule has 1 N–H and O–H groups in total. The van der Waals surface area contributed by atoms with Gasteiger partial charge in [0.05, 0.1) is 4.47 Å². The maximum Gasteiger partial charge on any atom is 0.144 e. The van der Waals surface area contributed by atoms with Gasteiger partial charge < -0.3 is 5.32 Å². The maximum atomic E-state index is 13.5. The highest BCUT2D eigenvalue weighted by molar-refractivity contribution is 9.10. The van der Waals surface area contributed by atoms with Gasteiger partial charge in [0, 0.05) is 18.0 Å². The van der Waals surface area contributed by atoms with E-state index in [9.17, 15) is 8.78 Å². The van der Waals surface area contributed by atoms with Crippen molar-refractivity contribution in [1.82, 2.24) is 9.97 Å². The van der Waals surface area contributed by atoms with Crippen LogP contribution in [0.1, 0.15) is 0 Å². The summed E-state index contributed by atoms with van der Waals surface area (Å²) in [5.41, 5.74) is 0. The van der Waals surface area contributed by atoms with Crippen LogP contribution in [-0.2, 0) is 0 Å². The van der Waals surface area contributed by atoms with Crippen LogP contribution in [0, 0.1) is 11.6 Å². The van der Waals surface area contributed by atoms with Crippen LogP contribution in [0.3, 0.4) is 0 Å². The summed E-state index contributed by atoms with van der Waals surface area (Å²) in [6.07, 6.45) is 1.38. The second-order valence-electron chi connectivity index (χ2n) is 3.27. The van der Waals surface area contributed by atoms with Crippen LogP contribution >= 0.6 is 27.7 Å². The van der Waals surface area contributed by atoms with E-state index in [1.54, 1.807) is 7.05 Å². The van der Waals surface area contributed by atoms with Crippen LogP contribution in [0.2, 0.25) is 0 Å². The van der Waals surface area contributed by atoms with Gasteiger partial charge >= 0.3 is 0 Å². The summed E-state index contributed by atoms with van der Waals surface area (Å²) in [5.74, 6) is -0.610. The minimum atomic E-state index is -0.614. The Kier molecular flexibility index (Phi) is 4.13. The molecule has 94 valence electrons. The number of rotatable bonds is 3. The molecule has 0 aliphatic heterocycles. The van der Waals surface area contributed by atoms with Crippen molar-refractivity contribution >= 4 is 33.5 Å². The molecule has 0 amide bonds. The van der Waals surface area contributed by atoms with Crippen molar-refractivity contribution in [3.8, 4) is 0 Å². The maximum absolute atomic E-state index is 13.5. The quantitative estimate of drug-likeness (QED) is 0.870. The smallest absolute Gasteiger partial charge is 0.144 e. The standard InChI is InChI=1S/C11H8BrF2N3S/c1-15-10-9(12)11(17-5-16-10)18-8-3-2-6(13)4-7(8)14/h2-5H,1H3,(H,15,16,17). The van der Waals surface area contributed by atoms with Crippen LogP contribution in [0.5, 0.6) is 0 Å². The van der Waals surface area contributed by atoms with E-state index in [0.717, 1.165) is 17.8 Å². The Balaban J connectivity index is 2.34. The van der Waals surface area contributed by atoms with Gasteiger partial charge in [-0.1, -0.05) is 11.8 Å². The molecule has 0 radical (unpaired) electrons. The molecule has 0 aliphatic rings. The van der Waals surface area contributed by atoms with Crippen molar-refractivity contribution in [3.63, 3.8) is 0 Å². The highest BCUT2D eigenvalue weighted by Gasteiger charge is 2.12. The zero-order valence-corrected chi connectivity index (χ0v) is 11.6. The first-order valence-corrected chi connectivity index (χ1v) is 6.54. The predicted molar refractivity (Wildman–Crippen MR) is 69.8 cm³/mol. The summed E-state index contributed by atoms with van der Waals surface area (Å²) in [6.45, 7) is 0. The minimum Gasteiger partial charge on any atom is -0.372 e. The molecule has 2 rings (SSSR count). The minimum absolute atomic E-state index is 0.304. The van der Waals surface area contributed by atoms with Crippen LogP contribution < -0.4 is 5.32 Å². The number of nitrogens with zero attached hydrogens (tertiary/aromatic N) is 2. The molecule has 1 aromatic heterocycles. The number of halogens is 3. The first kappa shape index (κ1) is 13.2. The van der Waals surface area contributed by atoms with Gasteiger partial charge in [-0.15, -0.1) is 0 Å². The lowest BCUT2D eigenvalue weighted by molar-refractivity contribution is 0.565. The molecule has 18 heavy (non-hydrogen) atoms. The molecule has 0 aliphatic carbocycles. The van der Waals surface area contributed by atoms with Crippen molar-refractivity contribution in [1.29, 1.82) is 0 Å². The zero-order valence-electron chi connectivity index (χ0n) is 9.25. The average Bonchev–Trinajstić information content (AvgIpc) is 2.35. The molecule has 7 heteroatoms. The Bertz CT molecular complexity index is 580. The second kappa shape index (κ2) is 5.62. The van der Waals surface area contributed by atoms with E-state index >= 15 is 0 Å². The lowest BCUT2D eigenvalue weighted by Crippen LogP contribution is -1.96. The third-order valence-corrected chi connectivity index (χ3v) is 4.16. The lowest BCUT2D eigenvalue weighted by Gasteiger charge is -2.07. The summed E-state index contributed by atoms with van der Waals surface area (Å²) in [5, 5.41) is 3.44. The Morgan fingerprint density at radius 3 is 2.72 bits per heavy atom. The van der Waals surface area contributed by atoms with Crippen LogP contribution in [-0.4, -0.2) is 17.0 Å². The molecule has 2 aromatic rings. The van der Waals surface area contributed by atoms with Crippen molar-refractivity contribution in [3.05, 3.63) is 40.6 Å². The van der Waals surface area contributed by atoms with Gasteiger partial charge in [0.1, 0.15) is 28.8 Å². The van der Waals surface area contributed by atoms with Gasteiger partial charge in [0.2, 0.25) is 0 Å². The molecule has 1 aromatic carbocycles. The first-order valence-electron chi connectivity index (χ1n) is 4.93. The number of nitrogens with one attached hydrogen (secondary N) is 1. The number of anilines is 1. The average molecular weight is 332 g/mol. The fourth-order valence-electron chi connectivity index (χ4n) is 1.26. The van der Waals surface area contributed by atoms with Crippen LogP contribution in [0.25, 0.3) is 0 Å². The molecule has 0 saturated carbocycles. The largest absolute Gasteiger partial charge is 0.372 e. The number of aromatic nitrogens is 2. The lowest BCUT2D eigenvalue weighted by atomic mass is 10.3. The fourth-order valence-corrected chi connectivity index (χ4v) is 2.69. The Hall–Kier alpha value is -1.21. The van der Waals surface area contributed by atoms with E-state index in [2.05, 4.69) is 31.2 Å². The summed E-state index contributed by atoms with van der Waals surface area (Å²) in [4.78, 5) is 8.35. The zero-order chi connectivity index (χ0) is 13.1. The Morgan fingerprint density at radius 1 is 1.28 bits per heavy atom. The van der Waals surface area contributed by atoms with Gasteiger partial charge in [0.25, 0.3) is 0 Å². The van der Waals surface area contributed by atoms with Gasteiger partial charge in [-0.3, -0.25) is 0 Å². The fraction of sp³-hybridized carbons (Fsp3) is 0.0909. The van der Waals surface area contributed by atoms with E-state index in [1.165, 1.54) is 18.5 Å². The molecule has 3 nitrogen and oxygen atoms in total. The second-order valence-corrected chi connectivity index (χ2v) is 5.09. The summed E-state index contributed by atoms with van der Waals surface area (Å²) < 4.78 is 26.9. The molecule has 0 bridgehead atoms. The third kappa shape index (κ3) is 2.78. The summed E-state index contributed by atoms with van der Waals surface area (Å²) >= 11 is 4.43. The molecular formula is C11H8BrF2N3S. The van der Waals surface area contributed by atoms with Gasteiger partial charge in [-0.25, -0.2) is 18.7 Å². The summed E-state index contributed by atoms with van der Waals surface area (Å²) in [7, 11) is 1.72. The SMILES string of the molecule is CNc1ncnc(Sc2ccc(F)cc2F)c1Br. The number of hydrogen-bond donors (Lipinski definition) is 1. The topological polar surface area (TPSA) is 37.8 Å². The van der Waals surface area contributed by atoms with Crippen molar-refractivity contribution in [2.45, 2.75) is 9.92 Å². The Morgan fingerprint density at radius 2 is 2.06 bits per heavy atom. The van der Waals surface area contributed by atoms with E-state index in [1.807, 2.05) is 0 Å². The normalized spacial score (nSPS) is 10.4. The molecule has 0 atom stereocenters. The van der Waals surface area contributed by atoms with Crippen molar-refractivity contribution in [2.75, 3.05) is 12.4 Å². The molecule has 0 saturated heterocycles. The first-order chi connectivity index (χ1) is 8.61. The highest BCUT2D eigenvalue weighted by atomic mass is 79.9. The van der Waals surface area contributed by atoms with Crippen LogP contribution in [0.15, 0.2) is 38.9 Å². The molecule has 0 fully saturated rings. The molecule has 0 spiro atoms. The van der Waals surface area contributed by atoms with Gasteiger partial charge in [0.15, 0.2) is 0 Å². The van der Waals surface area contributed by atoms with E-state index in [-0.39, 0.29) is 0 Å². The third-order valence-electron chi connectivity index (χ3n) is 2.09. The molecular weight excluding hydrogens is 324 g/mol. The number of hydrogen-bond acceptors (Lipinski definition) is 4. The van der Waals surface area contributed by atoms with E-state index in [4.69, 9.17) is 0 Å². The predicted octanol–water partition coefficient (Wildman–Crippen LogP) is 3.71. The van der Waals surface area contributed by atoms with Gasteiger partial charge in [-0.2, -0.15) is 0 Å². The van der Waals surface area contributed by atoms with E-state index in [0.29, 0.717) is 20.2 Å². The van der Waals surface area contributed by atoms with E-state index < -0.39 is 11.6 Å². The van der Waals surface area contributed by atoms with Crippen molar-refractivity contribution in [2.24, 2.45) is 0 Å². The molecule has 1 heterocycles. The summed E-state index contributed by atoms with van der Waals surface area (Å²) in [6, 6.07) is 3.43. The number of benzene rings is 1. The van der Waals surface area contributed by atoms with Gasteiger partial charge in [-0.05, 0) is 28.1 Å². The highest BCUT2D eigenvalue weighted by Crippen LogP contribution is 2.35. The Labute approximate surface area is 115 Å². The van der Waals surface area contributed by atoms with Crippen molar-refractivity contribution < 1.29 is 8.78 Å².